The first-order valence-electron chi connectivity index (χ1n) is 36.8. The molecule has 8 rings (SSSR count). The third kappa shape index (κ3) is 25.1. The van der Waals surface area contributed by atoms with E-state index >= 15 is 0 Å². The van der Waals surface area contributed by atoms with E-state index in [1.54, 1.807) is 49.5 Å². The number of hydrogen-bond donors (Lipinski definition) is 4. The fraction of sp³-hybridized carbons (Fsp3) is 0.564. The number of benzene rings is 3. The summed E-state index contributed by atoms with van der Waals surface area (Å²) in [4.78, 5) is 125. The molecular formula is C78H104N6O24. The van der Waals surface area contributed by atoms with E-state index < -0.39 is 65.5 Å². The summed E-state index contributed by atoms with van der Waals surface area (Å²) >= 11 is 0. The summed E-state index contributed by atoms with van der Waals surface area (Å²) in [7, 11) is 2.93. The van der Waals surface area contributed by atoms with Gasteiger partial charge < -0.3 is 82.4 Å². The Labute approximate surface area is 629 Å². The number of nitrogens with one attached hydrogen (secondary N) is 2. The Balaban J connectivity index is 0.653. The number of carbonyl (C=O) groups is 9. The normalized spacial score (nSPS) is 18.4. The highest BCUT2D eigenvalue weighted by molar-refractivity contribution is 6.13. The molecule has 5 aliphatic rings. The van der Waals surface area contributed by atoms with Crippen molar-refractivity contribution in [2.45, 2.75) is 117 Å². The molecule has 590 valence electrons. The Morgan fingerprint density at radius 1 is 0.639 bits per heavy atom. The number of anilines is 1. The number of imide groups is 1. The van der Waals surface area contributed by atoms with Gasteiger partial charge in [-0.05, 0) is 75.6 Å². The Morgan fingerprint density at radius 3 is 1.74 bits per heavy atom. The third-order valence-electron chi connectivity index (χ3n) is 18.5. The maximum absolute atomic E-state index is 14.3. The van der Waals surface area contributed by atoms with Crippen molar-refractivity contribution in [2.24, 2.45) is 28.7 Å². The first kappa shape index (κ1) is 84.8. The molecule has 3 aromatic rings. The van der Waals surface area contributed by atoms with E-state index in [-0.39, 0.29) is 123 Å². The van der Waals surface area contributed by atoms with Crippen LogP contribution in [0.4, 0.5) is 16.2 Å². The van der Waals surface area contributed by atoms with Crippen molar-refractivity contribution in [3.05, 3.63) is 106 Å². The van der Waals surface area contributed by atoms with Gasteiger partial charge in [0.25, 0.3) is 17.7 Å². The predicted molar refractivity (Wildman–Crippen MR) is 392 cm³/mol. The Morgan fingerprint density at radius 2 is 1.18 bits per heavy atom. The number of allylic oxidation sites excluding steroid dienone is 2. The van der Waals surface area contributed by atoms with Crippen molar-refractivity contribution in [1.29, 1.82) is 0 Å². The summed E-state index contributed by atoms with van der Waals surface area (Å²) < 4.78 is 73.7. The number of ether oxygens (including phenoxy) is 13. The quantitative estimate of drug-likeness (QED) is 0.0265. The van der Waals surface area contributed by atoms with E-state index in [1.807, 2.05) is 33.8 Å². The minimum Gasteiger partial charge on any atom is -0.493 e. The number of nitrogens with zero attached hydrogens (tertiary/aromatic N) is 4. The average molecular weight is 1510 g/mol. The van der Waals surface area contributed by atoms with Crippen LogP contribution in [0.25, 0.3) is 0 Å². The van der Waals surface area contributed by atoms with E-state index in [9.17, 15) is 53.4 Å². The van der Waals surface area contributed by atoms with Crippen LogP contribution in [0.2, 0.25) is 0 Å². The lowest BCUT2D eigenvalue weighted by Gasteiger charge is -2.31. The highest BCUT2D eigenvalue weighted by atomic mass is 16.6. The monoisotopic (exact) mass is 1510 g/mol. The molecule has 4 heterocycles. The molecule has 6 atom stereocenters. The number of Topliss-reactive ketones (excluding diaryl/α,β-unsaturated/α-hetero) is 3. The van der Waals surface area contributed by atoms with Gasteiger partial charge in [-0.3, -0.25) is 58.0 Å². The van der Waals surface area contributed by atoms with Crippen LogP contribution in [0, 0.1) is 23.7 Å². The molecule has 1 unspecified atom stereocenters. The van der Waals surface area contributed by atoms with Crippen LogP contribution >= 0.6 is 0 Å². The van der Waals surface area contributed by atoms with Crippen molar-refractivity contribution in [2.75, 3.05) is 151 Å². The summed E-state index contributed by atoms with van der Waals surface area (Å²) in [5.74, 6) is -3.61. The van der Waals surface area contributed by atoms with E-state index in [4.69, 9.17) is 61.6 Å². The third-order valence-corrected chi connectivity index (χ3v) is 18.5. The van der Waals surface area contributed by atoms with E-state index in [2.05, 4.69) is 15.6 Å². The van der Waals surface area contributed by atoms with Crippen molar-refractivity contribution in [3.8, 4) is 23.0 Å². The molecule has 0 spiro atoms. The van der Waals surface area contributed by atoms with Crippen molar-refractivity contribution >= 4 is 70.6 Å². The lowest BCUT2D eigenvalue weighted by atomic mass is 9.88. The van der Waals surface area contributed by atoms with E-state index in [1.165, 1.54) is 49.6 Å². The zero-order valence-corrected chi connectivity index (χ0v) is 62.8. The molecular weight excluding hydrogens is 1400 g/mol. The van der Waals surface area contributed by atoms with Crippen LogP contribution in [0.3, 0.4) is 0 Å². The van der Waals surface area contributed by atoms with Crippen LogP contribution < -0.4 is 34.5 Å². The molecule has 0 aromatic heterocycles. The number of unbranched alkanes of at least 4 members (excludes halogenated alkanes) is 2. The summed E-state index contributed by atoms with van der Waals surface area (Å²) in [5, 5.41) is 28.7. The van der Waals surface area contributed by atoms with Gasteiger partial charge in [-0.25, -0.2) is 4.79 Å². The van der Waals surface area contributed by atoms with Crippen LogP contribution in [-0.2, 0) is 84.4 Å². The van der Waals surface area contributed by atoms with Gasteiger partial charge in [0.05, 0.1) is 162 Å². The number of carbonyl (C=O) groups excluding carboxylic acids is 9. The van der Waals surface area contributed by atoms with Gasteiger partial charge in [0, 0.05) is 99.0 Å². The van der Waals surface area contributed by atoms with Crippen LogP contribution in [0.1, 0.15) is 118 Å². The molecule has 6 amide bonds. The first-order valence-corrected chi connectivity index (χ1v) is 36.8. The molecule has 0 saturated heterocycles. The maximum atomic E-state index is 14.3. The number of fused-ring (bicyclic) bond motifs is 4. The number of aliphatic hydroxyl groups excluding tert-OH is 1. The lowest BCUT2D eigenvalue weighted by molar-refractivity contribution is -0.137. The molecule has 0 fully saturated rings. The van der Waals surface area contributed by atoms with Crippen molar-refractivity contribution in [3.63, 3.8) is 0 Å². The second-order valence-electron chi connectivity index (χ2n) is 27.1. The number of amides is 6. The largest absolute Gasteiger partial charge is 0.493 e. The topological polar surface area (TPSA) is 360 Å². The first-order chi connectivity index (χ1) is 52.1. The van der Waals surface area contributed by atoms with E-state index in [0.29, 0.717) is 160 Å². The van der Waals surface area contributed by atoms with Crippen LogP contribution in [-0.4, -0.2) is 243 Å². The molecule has 1 aliphatic carbocycles. The molecule has 0 saturated carbocycles. The highest BCUT2D eigenvalue weighted by Gasteiger charge is 2.47. The summed E-state index contributed by atoms with van der Waals surface area (Å²) in [6.07, 6.45) is 7.39. The summed E-state index contributed by atoms with van der Waals surface area (Å²) in [5.41, 5.74) is 2.28. The summed E-state index contributed by atoms with van der Waals surface area (Å²) in [6, 6.07) is 12.2. The number of rotatable bonds is 50. The molecule has 4 N–H and O–H groups in total. The molecule has 0 bridgehead atoms. The minimum atomic E-state index is -1.56. The Kier molecular flexibility index (Phi) is 34.1. The molecule has 108 heavy (non-hydrogen) atoms. The van der Waals surface area contributed by atoms with Gasteiger partial charge >= 0.3 is 6.09 Å². The second-order valence-corrected chi connectivity index (χ2v) is 27.1. The van der Waals surface area contributed by atoms with Gasteiger partial charge in [0.2, 0.25) is 11.8 Å². The number of ketones is 3. The maximum Gasteiger partial charge on any atom is 0.416 e. The lowest BCUT2D eigenvalue weighted by Crippen LogP contribution is -2.46. The fourth-order valence-electron chi connectivity index (χ4n) is 12.6. The highest BCUT2D eigenvalue weighted by Crippen LogP contribution is 2.47. The SMILES string of the molecule is COc1cc2c(cc1OCCCCCOc1cc3c(cc1OC)C(=O)C1C=C(C)C[C@H]1[C@H](O)N3C(=O)OCc1ccc(CC(=O)[C@H](C)NC(=O)[C@@H](CC(=O)CCOCCOCCOCCOCCOCCOCCOCCOCCNC(=O)CCN3C(=O)C=CC3=O)C(C)C)cc1)N=C[C@]1(O)CC(C)=CN1C2=O. The van der Waals surface area contributed by atoms with Gasteiger partial charge in [-0.2, -0.15) is 0 Å². The molecule has 30 heteroatoms. The fourth-order valence-corrected chi connectivity index (χ4v) is 12.6. The van der Waals surface area contributed by atoms with Gasteiger partial charge in [-0.1, -0.05) is 55.3 Å². The van der Waals surface area contributed by atoms with Gasteiger partial charge in [0.1, 0.15) is 18.6 Å². The average Bonchev–Trinajstić information content (AvgIpc) is 1.62. The zero-order valence-electron chi connectivity index (χ0n) is 62.8. The number of methoxy groups -OCH3 is 2. The molecule has 30 nitrogen and oxygen atoms in total. The van der Waals surface area contributed by atoms with E-state index in [0.717, 1.165) is 20.9 Å². The zero-order chi connectivity index (χ0) is 77.5. The number of hydrogen-bond acceptors (Lipinski definition) is 25. The Hall–Kier alpha value is -8.82. The van der Waals surface area contributed by atoms with Crippen LogP contribution in [0.15, 0.2) is 89.1 Å². The van der Waals surface area contributed by atoms with Crippen LogP contribution in [0.5, 0.6) is 23.0 Å². The molecule has 0 radical (unpaired) electrons. The van der Waals surface area contributed by atoms with Crippen molar-refractivity contribution < 1.29 is 115 Å². The second kappa shape index (κ2) is 43.4. The summed E-state index contributed by atoms with van der Waals surface area (Å²) in [6.45, 7) is 15.3. The Bertz CT molecular complexity index is 3670. The van der Waals surface area contributed by atoms with Gasteiger partial charge in [0.15, 0.2) is 40.3 Å². The molecule has 3 aromatic carbocycles. The van der Waals surface area contributed by atoms with Crippen molar-refractivity contribution in [1.82, 2.24) is 20.4 Å². The smallest absolute Gasteiger partial charge is 0.416 e. The number of aliphatic imine (C=N–C) groups is 1. The molecule has 4 aliphatic heterocycles. The standard InChI is InChI=1S/C78H104N6O24/c1-51(2)58(42-57(85)18-23-98-25-27-100-29-31-102-33-35-104-37-38-105-36-34-103-32-30-101-28-26-99-24-19-79-70(87)17-20-82-71(88)15-16-72(82)89)74(91)81-54(5)65(86)41-55-11-13-56(14-12-55)49-108-77(94)84-64-46-69(67(97-7)44-62(64)73(90)59-39-52(3)40-60(59)76(84)93)107-22-10-8-9-21-106-68-45-63-61(43-66(68)96-6)75(92)83-48-53(4)47-78(83,95)50-80-63/h11-16,39,43-46,48,50-51,54,58-60,76,93,95H,8-10,17-38,40-42,47,49H2,1-7H3,(H,79,87)(H,81,91)/t54-,58-,59?,60+,76-,78+/m0/s1. The number of aliphatic hydroxyl groups is 2. The van der Waals surface area contributed by atoms with Gasteiger partial charge in [-0.15, -0.1) is 0 Å². The predicted octanol–water partition coefficient (Wildman–Crippen LogP) is 6.53. The minimum absolute atomic E-state index is 0.0133.